The lowest BCUT2D eigenvalue weighted by Crippen LogP contribution is -2.15. The standard InChI is InChI=1S/C23H19NO5/c1-26-19-10-9-16-11-18(8-7-17(16)12-19)20(13-24)29-23(25)27-14-21-22(28-21)15-5-3-2-4-6-15/h2-12,20-22H,14H2,1H3. The summed E-state index contributed by atoms with van der Waals surface area (Å²) in [4.78, 5) is 12.0. The van der Waals surface area contributed by atoms with Crippen LogP contribution in [0.15, 0.2) is 66.7 Å². The Hall–Kier alpha value is -3.56. The molecule has 3 unspecified atom stereocenters. The highest BCUT2D eigenvalue weighted by Gasteiger charge is 2.41. The van der Waals surface area contributed by atoms with Crippen LogP contribution in [0.3, 0.4) is 0 Å². The van der Waals surface area contributed by atoms with E-state index in [0.29, 0.717) is 5.56 Å². The molecule has 29 heavy (non-hydrogen) atoms. The van der Waals surface area contributed by atoms with Crippen molar-refractivity contribution in [3.8, 4) is 11.8 Å². The summed E-state index contributed by atoms with van der Waals surface area (Å²) in [5, 5.41) is 11.3. The van der Waals surface area contributed by atoms with Crippen LogP contribution in [0.25, 0.3) is 10.8 Å². The van der Waals surface area contributed by atoms with Crippen LogP contribution in [0.2, 0.25) is 0 Å². The fraction of sp³-hybridized carbons (Fsp3) is 0.217. The van der Waals surface area contributed by atoms with Crippen LogP contribution in [0.1, 0.15) is 23.3 Å². The first-order valence-corrected chi connectivity index (χ1v) is 9.19. The number of benzene rings is 3. The van der Waals surface area contributed by atoms with Crippen LogP contribution >= 0.6 is 0 Å². The van der Waals surface area contributed by atoms with Gasteiger partial charge in [-0.25, -0.2) is 4.79 Å². The van der Waals surface area contributed by atoms with Crippen molar-refractivity contribution in [1.29, 1.82) is 5.26 Å². The van der Waals surface area contributed by atoms with Crippen LogP contribution in [0, 0.1) is 11.3 Å². The first-order valence-electron chi connectivity index (χ1n) is 9.19. The summed E-state index contributed by atoms with van der Waals surface area (Å²) in [5.74, 6) is 0.748. The van der Waals surface area contributed by atoms with E-state index in [2.05, 4.69) is 0 Å². The summed E-state index contributed by atoms with van der Waals surface area (Å²) in [6, 6.07) is 22.7. The van der Waals surface area contributed by atoms with Crippen LogP contribution in [-0.2, 0) is 14.2 Å². The number of rotatable bonds is 6. The largest absolute Gasteiger partial charge is 0.510 e. The molecular formula is C23H19NO5. The molecule has 3 atom stereocenters. The van der Waals surface area contributed by atoms with E-state index in [-0.39, 0.29) is 18.8 Å². The number of carbonyl (C=O) groups excluding carboxylic acids is 1. The van der Waals surface area contributed by atoms with Crippen molar-refractivity contribution in [3.63, 3.8) is 0 Å². The smallest absolute Gasteiger partial charge is 0.497 e. The van der Waals surface area contributed by atoms with Gasteiger partial charge in [0.15, 0.2) is 0 Å². The second kappa shape index (κ2) is 8.21. The third-order valence-electron chi connectivity index (χ3n) is 4.78. The van der Waals surface area contributed by atoms with Gasteiger partial charge in [0.1, 0.15) is 30.6 Å². The predicted octanol–water partition coefficient (Wildman–Crippen LogP) is 4.71. The van der Waals surface area contributed by atoms with Gasteiger partial charge >= 0.3 is 6.16 Å². The molecule has 0 spiro atoms. The van der Waals surface area contributed by atoms with Gasteiger partial charge in [0.2, 0.25) is 6.10 Å². The second-order valence-corrected chi connectivity index (χ2v) is 6.67. The number of epoxide rings is 1. The summed E-state index contributed by atoms with van der Waals surface area (Å²) in [7, 11) is 1.61. The summed E-state index contributed by atoms with van der Waals surface area (Å²) < 4.78 is 21.1. The molecule has 146 valence electrons. The van der Waals surface area contributed by atoms with Crippen LogP contribution in [-0.4, -0.2) is 26.0 Å². The molecule has 0 saturated carbocycles. The molecule has 3 aromatic carbocycles. The number of nitriles is 1. The van der Waals surface area contributed by atoms with Gasteiger partial charge in [-0.05, 0) is 34.5 Å². The summed E-state index contributed by atoms with van der Waals surface area (Å²) >= 11 is 0. The number of methoxy groups -OCH3 is 1. The molecule has 4 rings (SSSR count). The van der Waals surface area contributed by atoms with Gasteiger partial charge in [0.25, 0.3) is 0 Å². The number of nitrogens with zero attached hydrogens (tertiary/aromatic N) is 1. The Labute approximate surface area is 168 Å². The zero-order chi connectivity index (χ0) is 20.2. The Morgan fingerprint density at radius 2 is 1.86 bits per heavy atom. The maximum atomic E-state index is 12.0. The normalized spacial score (nSPS) is 18.5. The first-order chi connectivity index (χ1) is 14.2. The van der Waals surface area contributed by atoms with Crippen LogP contribution in [0.4, 0.5) is 4.79 Å². The van der Waals surface area contributed by atoms with Crippen molar-refractivity contribution in [2.45, 2.75) is 18.3 Å². The predicted molar refractivity (Wildman–Crippen MR) is 105 cm³/mol. The van der Waals surface area contributed by atoms with E-state index in [4.69, 9.17) is 18.9 Å². The number of hydrogen-bond donors (Lipinski definition) is 0. The van der Waals surface area contributed by atoms with E-state index in [1.807, 2.05) is 66.7 Å². The molecule has 1 aliphatic rings. The third-order valence-corrected chi connectivity index (χ3v) is 4.78. The molecule has 0 aromatic heterocycles. The molecule has 1 fully saturated rings. The highest BCUT2D eigenvalue weighted by molar-refractivity contribution is 5.84. The maximum absolute atomic E-state index is 12.0. The van der Waals surface area contributed by atoms with Gasteiger partial charge < -0.3 is 18.9 Å². The Morgan fingerprint density at radius 1 is 1.10 bits per heavy atom. The molecule has 0 aliphatic carbocycles. The van der Waals surface area contributed by atoms with Crippen molar-refractivity contribution in [2.75, 3.05) is 13.7 Å². The molecule has 1 saturated heterocycles. The quantitative estimate of drug-likeness (QED) is 0.449. The molecule has 6 nitrogen and oxygen atoms in total. The van der Waals surface area contributed by atoms with Crippen LogP contribution < -0.4 is 4.74 Å². The highest BCUT2D eigenvalue weighted by atomic mass is 16.7. The minimum absolute atomic E-state index is 0.0757. The fourth-order valence-corrected chi connectivity index (χ4v) is 3.19. The lowest BCUT2D eigenvalue weighted by atomic mass is 10.0. The molecule has 1 heterocycles. The minimum Gasteiger partial charge on any atom is -0.497 e. The molecule has 0 N–H and O–H groups in total. The fourth-order valence-electron chi connectivity index (χ4n) is 3.19. The van der Waals surface area contributed by atoms with E-state index < -0.39 is 12.3 Å². The maximum Gasteiger partial charge on any atom is 0.510 e. The molecule has 6 heteroatoms. The molecule has 1 aliphatic heterocycles. The Bertz CT molecular complexity index is 1060. The zero-order valence-corrected chi connectivity index (χ0v) is 15.8. The molecule has 3 aromatic rings. The Morgan fingerprint density at radius 3 is 2.62 bits per heavy atom. The van der Waals surface area contributed by atoms with Crippen molar-refractivity contribution in [2.24, 2.45) is 0 Å². The molecule has 0 radical (unpaired) electrons. The summed E-state index contributed by atoms with van der Waals surface area (Å²) in [6.07, 6.45) is -2.22. The monoisotopic (exact) mass is 389 g/mol. The van der Waals surface area contributed by atoms with Gasteiger partial charge in [0, 0.05) is 5.56 Å². The lowest BCUT2D eigenvalue weighted by molar-refractivity contribution is 0.0347. The molecular weight excluding hydrogens is 370 g/mol. The van der Waals surface area contributed by atoms with Gasteiger partial charge in [0.05, 0.1) is 7.11 Å². The van der Waals surface area contributed by atoms with Gasteiger partial charge in [-0.3, -0.25) is 0 Å². The van der Waals surface area contributed by atoms with Crippen molar-refractivity contribution < 1.29 is 23.7 Å². The average molecular weight is 389 g/mol. The minimum atomic E-state index is -1.06. The Balaban J connectivity index is 1.35. The van der Waals surface area contributed by atoms with Gasteiger partial charge in [-0.1, -0.05) is 48.5 Å². The summed E-state index contributed by atoms with van der Waals surface area (Å²) in [5.41, 5.74) is 1.61. The van der Waals surface area contributed by atoms with E-state index in [0.717, 1.165) is 22.1 Å². The van der Waals surface area contributed by atoms with Crippen molar-refractivity contribution in [1.82, 2.24) is 0 Å². The third kappa shape index (κ3) is 4.31. The van der Waals surface area contributed by atoms with Crippen LogP contribution in [0.5, 0.6) is 5.75 Å². The van der Waals surface area contributed by atoms with Crippen molar-refractivity contribution in [3.05, 3.63) is 77.9 Å². The van der Waals surface area contributed by atoms with Gasteiger partial charge in [-0.2, -0.15) is 5.26 Å². The van der Waals surface area contributed by atoms with E-state index in [9.17, 15) is 10.1 Å². The highest BCUT2D eigenvalue weighted by Crippen LogP contribution is 2.38. The Kier molecular flexibility index (Phi) is 5.32. The topological polar surface area (TPSA) is 81.1 Å². The van der Waals surface area contributed by atoms with E-state index in [1.165, 1.54) is 0 Å². The number of carbonyl (C=O) groups is 1. The second-order valence-electron chi connectivity index (χ2n) is 6.67. The number of ether oxygens (including phenoxy) is 4. The first kappa shape index (κ1) is 18.8. The zero-order valence-electron chi connectivity index (χ0n) is 15.8. The summed E-state index contributed by atoms with van der Waals surface area (Å²) in [6.45, 7) is 0.0774. The molecule has 0 bridgehead atoms. The molecule has 0 amide bonds. The lowest BCUT2D eigenvalue weighted by Gasteiger charge is -2.12. The SMILES string of the molecule is COc1ccc2cc(C(C#N)OC(=O)OCC3OC3c3ccccc3)ccc2c1. The van der Waals surface area contributed by atoms with E-state index in [1.54, 1.807) is 13.2 Å². The number of hydrogen-bond acceptors (Lipinski definition) is 6. The number of fused-ring (bicyclic) bond motifs is 1. The van der Waals surface area contributed by atoms with E-state index >= 15 is 0 Å². The average Bonchev–Trinajstić information content (AvgIpc) is 3.55. The van der Waals surface area contributed by atoms with Crippen molar-refractivity contribution >= 4 is 16.9 Å². The van der Waals surface area contributed by atoms with Gasteiger partial charge in [-0.15, -0.1) is 0 Å².